The zero-order valence-corrected chi connectivity index (χ0v) is 14.7. The number of likely N-dealkylation sites (N-methyl/N-ethyl adjacent to an activating group) is 1. The molecule has 0 spiro atoms. The van der Waals surface area contributed by atoms with Gasteiger partial charge in [0.25, 0.3) is 0 Å². The molecule has 1 rings (SSSR count). The first-order valence-corrected chi connectivity index (χ1v) is 8.85. The highest BCUT2D eigenvalue weighted by molar-refractivity contribution is 9.10. The summed E-state index contributed by atoms with van der Waals surface area (Å²) in [5, 5.41) is 0. The number of hydrogen-bond donors (Lipinski definition) is 2. The minimum atomic E-state index is -3.55. The van der Waals surface area contributed by atoms with E-state index in [9.17, 15) is 8.42 Å². The van der Waals surface area contributed by atoms with Crippen LogP contribution in [-0.2, 0) is 21.3 Å². The summed E-state index contributed by atoms with van der Waals surface area (Å²) in [5.41, 5.74) is 6.39. The topological polar surface area (TPSA) is 84.7 Å². The Balaban J connectivity index is 2.50. The Labute approximate surface area is 134 Å². The largest absolute Gasteiger partial charge is 0.379 e. The number of nitrogens with two attached hydrogens (primary N) is 1. The first-order chi connectivity index (χ1) is 9.86. The van der Waals surface area contributed by atoms with E-state index in [1.54, 1.807) is 18.2 Å². The number of ether oxygens (including phenoxy) is 1. The maximum atomic E-state index is 12.2. The first kappa shape index (κ1) is 18.5. The Bertz CT molecular complexity index is 550. The summed E-state index contributed by atoms with van der Waals surface area (Å²) in [4.78, 5) is 2.20. The van der Waals surface area contributed by atoms with Gasteiger partial charge in [0.1, 0.15) is 0 Å². The van der Waals surface area contributed by atoms with Gasteiger partial charge in [0.2, 0.25) is 10.0 Å². The molecule has 0 aliphatic heterocycles. The normalized spacial score (nSPS) is 12.0. The van der Waals surface area contributed by atoms with Gasteiger partial charge >= 0.3 is 0 Å². The van der Waals surface area contributed by atoms with Gasteiger partial charge in [-0.1, -0.05) is 6.07 Å². The van der Waals surface area contributed by atoms with Gasteiger partial charge < -0.3 is 15.4 Å². The first-order valence-electron chi connectivity index (χ1n) is 6.57. The van der Waals surface area contributed by atoms with Gasteiger partial charge in [-0.3, -0.25) is 0 Å². The number of nitrogens with zero attached hydrogens (tertiary/aromatic N) is 1. The average Bonchev–Trinajstić information content (AvgIpc) is 2.41. The van der Waals surface area contributed by atoms with Crippen LogP contribution >= 0.6 is 15.9 Å². The van der Waals surface area contributed by atoms with Gasteiger partial charge in [-0.25, -0.2) is 13.1 Å². The van der Waals surface area contributed by atoms with Crippen LogP contribution in [0.25, 0.3) is 0 Å². The number of benzene rings is 1. The van der Waals surface area contributed by atoms with Crippen LogP contribution in [0.5, 0.6) is 0 Å². The molecule has 0 atom stereocenters. The van der Waals surface area contributed by atoms with Crippen molar-refractivity contribution in [2.45, 2.75) is 11.4 Å². The lowest BCUT2D eigenvalue weighted by Crippen LogP contribution is -2.28. The van der Waals surface area contributed by atoms with Crippen LogP contribution < -0.4 is 10.5 Å². The Morgan fingerprint density at radius 1 is 1.33 bits per heavy atom. The molecular weight excluding hydrogens is 358 g/mol. The molecule has 0 aliphatic rings. The van der Waals surface area contributed by atoms with Crippen molar-refractivity contribution in [2.24, 2.45) is 5.73 Å². The summed E-state index contributed by atoms with van der Waals surface area (Å²) in [6, 6.07) is 4.95. The predicted octanol–water partition coefficient (Wildman–Crippen LogP) is 0.764. The van der Waals surface area contributed by atoms with Gasteiger partial charge in [0.05, 0.1) is 18.1 Å². The minimum absolute atomic E-state index is 0.202. The molecule has 0 fully saturated rings. The van der Waals surface area contributed by atoms with Crippen LogP contribution in [-0.4, -0.2) is 53.7 Å². The van der Waals surface area contributed by atoms with Crippen molar-refractivity contribution in [2.75, 3.05) is 40.4 Å². The predicted molar refractivity (Wildman–Crippen MR) is 86.6 cm³/mol. The average molecular weight is 380 g/mol. The molecule has 0 radical (unpaired) electrons. The second kappa shape index (κ2) is 8.82. The van der Waals surface area contributed by atoms with Crippen molar-refractivity contribution in [3.8, 4) is 0 Å². The van der Waals surface area contributed by atoms with Gasteiger partial charge in [-0.05, 0) is 47.7 Å². The van der Waals surface area contributed by atoms with E-state index in [-0.39, 0.29) is 11.4 Å². The molecule has 6 nitrogen and oxygen atoms in total. The number of hydrogen-bond acceptors (Lipinski definition) is 5. The van der Waals surface area contributed by atoms with E-state index in [1.807, 2.05) is 19.0 Å². The van der Waals surface area contributed by atoms with Crippen LogP contribution in [0, 0.1) is 0 Å². The molecule has 0 bridgehead atoms. The molecule has 3 N–H and O–H groups in total. The molecule has 0 saturated carbocycles. The molecule has 0 heterocycles. The van der Waals surface area contributed by atoms with E-state index in [4.69, 9.17) is 10.5 Å². The van der Waals surface area contributed by atoms with E-state index >= 15 is 0 Å². The number of sulfonamides is 1. The van der Waals surface area contributed by atoms with Crippen molar-refractivity contribution in [1.29, 1.82) is 0 Å². The molecule has 1 aromatic carbocycles. The maximum Gasteiger partial charge on any atom is 0.241 e. The van der Waals surface area contributed by atoms with E-state index in [2.05, 4.69) is 20.7 Å². The Hall–Kier alpha value is -0.510. The molecule has 8 heteroatoms. The van der Waals surface area contributed by atoms with Gasteiger partial charge in [0.15, 0.2) is 0 Å². The molecule has 21 heavy (non-hydrogen) atoms. The molecule has 0 amide bonds. The van der Waals surface area contributed by atoms with Crippen molar-refractivity contribution in [1.82, 2.24) is 9.62 Å². The molecule has 120 valence electrons. The third-order valence-electron chi connectivity index (χ3n) is 2.74. The molecule has 0 aliphatic carbocycles. The summed E-state index contributed by atoms with van der Waals surface area (Å²) < 4.78 is 32.7. The second-order valence-electron chi connectivity index (χ2n) is 4.78. The van der Waals surface area contributed by atoms with E-state index in [1.165, 1.54) is 0 Å². The quantitative estimate of drug-likeness (QED) is 0.618. The lowest BCUT2D eigenvalue weighted by molar-refractivity contribution is 0.122. The summed E-state index contributed by atoms with van der Waals surface area (Å²) >= 11 is 3.26. The van der Waals surface area contributed by atoms with Gasteiger partial charge in [-0.2, -0.15) is 0 Å². The monoisotopic (exact) mass is 379 g/mol. The fourth-order valence-electron chi connectivity index (χ4n) is 1.56. The fraction of sp³-hybridized carbons (Fsp3) is 0.538. The number of nitrogens with one attached hydrogen (secondary N) is 1. The SMILES string of the molecule is CN(C)CCOCCNS(=O)(=O)c1ccc(CN)cc1Br. The molecule has 0 unspecified atom stereocenters. The van der Waals surface area contributed by atoms with E-state index in [0.717, 1.165) is 12.1 Å². The van der Waals surface area contributed by atoms with Crippen LogP contribution in [0.1, 0.15) is 5.56 Å². The third kappa shape index (κ3) is 6.41. The van der Waals surface area contributed by atoms with Crippen molar-refractivity contribution >= 4 is 26.0 Å². The molecule has 1 aromatic rings. The fourth-order valence-corrected chi connectivity index (χ4v) is 3.70. The Kier molecular flexibility index (Phi) is 7.78. The lowest BCUT2D eigenvalue weighted by atomic mass is 10.2. The summed E-state index contributed by atoms with van der Waals surface area (Å²) in [6.07, 6.45) is 0. The van der Waals surface area contributed by atoms with Crippen molar-refractivity contribution < 1.29 is 13.2 Å². The van der Waals surface area contributed by atoms with Crippen LogP contribution in [0.3, 0.4) is 0 Å². The standard InChI is InChI=1S/C13H22BrN3O3S/c1-17(2)6-8-20-7-5-16-21(18,19)13-4-3-11(10-15)9-12(13)14/h3-4,9,16H,5-8,10,15H2,1-2H3. The molecule has 0 aromatic heterocycles. The molecular formula is C13H22BrN3O3S. The zero-order valence-electron chi connectivity index (χ0n) is 12.3. The maximum absolute atomic E-state index is 12.2. The summed E-state index contributed by atoms with van der Waals surface area (Å²) in [7, 11) is 0.358. The highest BCUT2D eigenvalue weighted by Gasteiger charge is 2.17. The van der Waals surface area contributed by atoms with Crippen molar-refractivity contribution in [3.05, 3.63) is 28.2 Å². The smallest absolute Gasteiger partial charge is 0.241 e. The number of rotatable bonds is 9. The van der Waals surface area contributed by atoms with Crippen LogP contribution in [0.2, 0.25) is 0 Å². The van der Waals surface area contributed by atoms with Gasteiger partial charge in [-0.15, -0.1) is 0 Å². The lowest BCUT2D eigenvalue weighted by Gasteiger charge is -2.11. The summed E-state index contributed by atoms with van der Waals surface area (Å²) in [6.45, 7) is 2.32. The molecule has 0 saturated heterocycles. The van der Waals surface area contributed by atoms with E-state index < -0.39 is 10.0 Å². The van der Waals surface area contributed by atoms with E-state index in [0.29, 0.717) is 24.2 Å². The third-order valence-corrected chi connectivity index (χ3v) is 5.18. The Morgan fingerprint density at radius 2 is 2.05 bits per heavy atom. The highest BCUT2D eigenvalue weighted by Crippen LogP contribution is 2.22. The minimum Gasteiger partial charge on any atom is -0.379 e. The van der Waals surface area contributed by atoms with Crippen LogP contribution in [0.15, 0.2) is 27.6 Å². The summed E-state index contributed by atoms with van der Waals surface area (Å²) in [5.74, 6) is 0. The highest BCUT2D eigenvalue weighted by atomic mass is 79.9. The Morgan fingerprint density at radius 3 is 2.62 bits per heavy atom. The van der Waals surface area contributed by atoms with Gasteiger partial charge in [0, 0.05) is 24.1 Å². The second-order valence-corrected chi connectivity index (χ2v) is 7.37. The zero-order chi connectivity index (χ0) is 15.9. The number of halogens is 1. The van der Waals surface area contributed by atoms with Crippen LogP contribution in [0.4, 0.5) is 0 Å². The van der Waals surface area contributed by atoms with Crippen molar-refractivity contribution in [3.63, 3.8) is 0 Å².